The predicted octanol–water partition coefficient (Wildman–Crippen LogP) is 4.51. The molecule has 0 unspecified atom stereocenters. The molecule has 1 heterocycles. The summed E-state index contributed by atoms with van der Waals surface area (Å²) in [5.74, 6) is -0.148. The SMILES string of the molecule is C[C@@H](Sc1ccccn1)C(=O)Nc1cc(Cl)ccc1Cl. The van der Waals surface area contributed by atoms with Crippen molar-refractivity contribution in [2.45, 2.75) is 17.2 Å². The summed E-state index contributed by atoms with van der Waals surface area (Å²) >= 11 is 13.3. The summed E-state index contributed by atoms with van der Waals surface area (Å²) in [7, 11) is 0. The molecule has 0 spiro atoms. The third-order valence-electron chi connectivity index (χ3n) is 2.49. The van der Waals surface area contributed by atoms with Gasteiger partial charge >= 0.3 is 0 Å². The number of nitrogens with zero attached hydrogens (tertiary/aromatic N) is 1. The Morgan fingerprint density at radius 3 is 2.80 bits per heavy atom. The molecule has 0 aliphatic carbocycles. The molecule has 1 N–H and O–H groups in total. The highest BCUT2D eigenvalue weighted by atomic mass is 35.5. The van der Waals surface area contributed by atoms with Crippen LogP contribution in [0.2, 0.25) is 10.0 Å². The van der Waals surface area contributed by atoms with Crippen molar-refractivity contribution in [2.24, 2.45) is 0 Å². The van der Waals surface area contributed by atoms with Gasteiger partial charge in [0.1, 0.15) is 0 Å². The Morgan fingerprint density at radius 1 is 1.30 bits per heavy atom. The molecular formula is C14H12Cl2N2OS. The van der Waals surface area contributed by atoms with E-state index in [1.165, 1.54) is 11.8 Å². The van der Waals surface area contributed by atoms with Gasteiger partial charge in [-0.3, -0.25) is 4.79 Å². The number of anilines is 1. The van der Waals surface area contributed by atoms with Crippen LogP contribution in [0.15, 0.2) is 47.6 Å². The third kappa shape index (κ3) is 4.13. The number of nitrogens with one attached hydrogen (secondary N) is 1. The van der Waals surface area contributed by atoms with E-state index in [-0.39, 0.29) is 11.2 Å². The van der Waals surface area contributed by atoms with E-state index in [1.807, 2.05) is 25.1 Å². The highest BCUT2D eigenvalue weighted by molar-refractivity contribution is 8.00. The van der Waals surface area contributed by atoms with Crippen LogP contribution in [-0.4, -0.2) is 16.1 Å². The van der Waals surface area contributed by atoms with Crippen LogP contribution in [0.5, 0.6) is 0 Å². The molecule has 20 heavy (non-hydrogen) atoms. The first-order valence-corrected chi connectivity index (χ1v) is 7.53. The van der Waals surface area contributed by atoms with Crippen LogP contribution in [0.3, 0.4) is 0 Å². The number of rotatable bonds is 4. The molecule has 2 aromatic rings. The molecule has 3 nitrogen and oxygen atoms in total. The number of benzene rings is 1. The number of aromatic nitrogens is 1. The van der Waals surface area contributed by atoms with E-state index in [2.05, 4.69) is 10.3 Å². The summed E-state index contributed by atoms with van der Waals surface area (Å²) in [5, 5.41) is 4.25. The van der Waals surface area contributed by atoms with Gasteiger partial charge in [-0.1, -0.05) is 41.0 Å². The van der Waals surface area contributed by atoms with Gasteiger partial charge in [-0.25, -0.2) is 4.98 Å². The normalized spacial score (nSPS) is 11.9. The summed E-state index contributed by atoms with van der Waals surface area (Å²) in [6, 6.07) is 10.5. The fourth-order valence-corrected chi connectivity index (χ4v) is 2.62. The zero-order chi connectivity index (χ0) is 14.5. The molecule has 1 aromatic heterocycles. The highest BCUT2D eigenvalue weighted by Gasteiger charge is 2.16. The van der Waals surface area contributed by atoms with E-state index < -0.39 is 0 Å². The number of hydrogen-bond donors (Lipinski definition) is 1. The molecule has 104 valence electrons. The Hall–Kier alpha value is -1.23. The fraction of sp³-hybridized carbons (Fsp3) is 0.143. The zero-order valence-electron chi connectivity index (χ0n) is 10.6. The number of carbonyl (C=O) groups is 1. The van der Waals surface area contributed by atoms with E-state index in [9.17, 15) is 4.79 Å². The molecule has 0 aliphatic heterocycles. The van der Waals surface area contributed by atoms with Gasteiger partial charge < -0.3 is 5.32 Å². The lowest BCUT2D eigenvalue weighted by Crippen LogP contribution is -2.22. The number of carbonyl (C=O) groups excluding carboxylic acids is 1. The van der Waals surface area contributed by atoms with E-state index in [1.54, 1.807) is 24.4 Å². The van der Waals surface area contributed by atoms with E-state index >= 15 is 0 Å². The molecule has 0 bridgehead atoms. The van der Waals surface area contributed by atoms with Crippen LogP contribution in [0.25, 0.3) is 0 Å². The minimum atomic E-state index is -0.292. The van der Waals surface area contributed by atoms with Crippen molar-refractivity contribution in [1.82, 2.24) is 4.98 Å². The van der Waals surface area contributed by atoms with Gasteiger partial charge in [0.15, 0.2) is 0 Å². The number of amides is 1. The molecule has 0 saturated heterocycles. The first-order chi connectivity index (χ1) is 9.56. The van der Waals surface area contributed by atoms with Gasteiger partial charge in [0.25, 0.3) is 0 Å². The van der Waals surface area contributed by atoms with Gasteiger partial charge in [-0.05, 0) is 37.3 Å². The van der Waals surface area contributed by atoms with Crippen molar-refractivity contribution in [2.75, 3.05) is 5.32 Å². The van der Waals surface area contributed by atoms with Crippen molar-refractivity contribution >= 4 is 46.6 Å². The van der Waals surface area contributed by atoms with Gasteiger partial charge in [0, 0.05) is 11.2 Å². The van der Waals surface area contributed by atoms with Crippen molar-refractivity contribution in [1.29, 1.82) is 0 Å². The summed E-state index contributed by atoms with van der Waals surface area (Å²) in [4.78, 5) is 16.3. The second-order valence-electron chi connectivity index (χ2n) is 4.04. The van der Waals surface area contributed by atoms with Gasteiger partial charge in [-0.15, -0.1) is 0 Å². The lowest BCUT2D eigenvalue weighted by molar-refractivity contribution is -0.115. The summed E-state index contributed by atoms with van der Waals surface area (Å²) in [6.07, 6.45) is 1.70. The topological polar surface area (TPSA) is 42.0 Å². The average Bonchev–Trinajstić information content (AvgIpc) is 2.44. The van der Waals surface area contributed by atoms with Crippen molar-refractivity contribution in [3.8, 4) is 0 Å². The summed E-state index contributed by atoms with van der Waals surface area (Å²) < 4.78 is 0. The first-order valence-electron chi connectivity index (χ1n) is 5.90. The number of thioether (sulfide) groups is 1. The van der Waals surface area contributed by atoms with Gasteiger partial charge in [0.2, 0.25) is 5.91 Å². The van der Waals surface area contributed by atoms with E-state index in [0.29, 0.717) is 15.7 Å². The van der Waals surface area contributed by atoms with Crippen LogP contribution in [0.4, 0.5) is 5.69 Å². The molecule has 0 radical (unpaired) electrons. The maximum atomic E-state index is 12.1. The lowest BCUT2D eigenvalue weighted by Gasteiger charge is -2.12. The van der Waals surface area contributed by atoms with Crippen molar-refractivity contribution in [3.63, 3.8) is 0 Å². The molecule has 0 fully saturated rings. The van der Waals surface area contributed by atoms with Crippen molar-refractivity contribution < 1.29 is 4.79 Å². The monoisotopic (exact) mass is 326 g/mol. The number of pyridine rings is 1. The van der Waals surface area contributed by atoms with Crippen LogP contribution in [0, 0.1) is 0 Å². The number of halogens is 2. The Balaban J connectivity index is 2.02. The molecule has 1 aromatic carbocycles. The van der Waals surface area contributed by atoms with E-state index in [0.717, 1.165) is 5.03 Å². The fourth-order valence-electron chi connectivity index (χ4n) is 1.48. The minimum absolute atomic E-state index is 0.148. The summed E-state index contributed by atoms with van der Waals surface area (Å²) in [5.41, 5.74) is 0.512. The zero-order valence-corrected chi connectivity index (χ0v) is 13.0. The molecule has 0 saturated carbocycles. The largest absolute Gasteiger partial charge is 0.324 e. The van der Waals surface area contributed by atoms with Crippen LogP contribution >= 0.6 is 35.0 Å². The maximum Gasteiger partial charge on any atom is 0.237 e. The Kier molecular flexibility index (Phi) is 5.29. The molecule has 0 aliphatic rings. The van der Waals surface area contributed by atoms with Crippen molar-refractivity contribution in [3.05, 3.63) is 52.6 Å². The Morgan fingerprint density at radius 2 is 2.10 bits per heavy atom. The standard InChI is InChI=1S/C14H12Cl2N2OS/c1-9(20-13-4-2-3-7-17-13)14(19)18-12-8-10(15)5-6-11(12)16/h2-9H,1H3,(H,18,19)/t9-/m1/s1. The van der Waals surface area contributed by atoms with Crippen LogP contribution in [0.1, 0.15) is 6.92 Å². The van der Waals surface area contributed by atoms with Crippen LogP contribution < -0.4 is 5.32 Å². The average molecular weight is 327 g/mol. The lowest BCUT2D eigenvalue weighted by atomic mass is 10.3. The maximum absolute atomic E-state index is 12.1. The minimum Gasteiger partial charge on any atom is -0.324 e. The molecule has 6 heteroatoms. The third-order valence-corrected chi connectivity index (χ3v) is 4.11. The highest BCUT2D eigenvalue weighted by Crippen LogP contribution is 2.27. The molecule has 2 rings (SSSR count). The second kappa shape index (κ2) is 6.97. The number of hydrogen-bond acceptors (Lipinski definition) is 3. The smallest absolute Gasteiger partial charge is 0.237 e. The Labute approximate surface area is 131 Å². The molecular weight excluding hydrogens is 315 g/mol. The Bertz CT molecular complexity index is 607. The first kappa shape index (κ1) is 15.2. The van der Waals surface area contributed by atoms with Gasteiger partial charge in [-0.2, -0.15) is 0 Å². The molecule has 1 amide bonds. The second-order valence-corrected chi connectivity index (χ2v) is 6.25. The van der Waals surface area contributed by atoms with Crippen LogP contribution in [-0.2, 0) is 4.79 Å². The van der Waals surface area contributed by atoms with Gasteiger partial charge in [0.05, 0.1) is 21.0 Å². The molecule has 1 atom stereocenters. The predicted molar refractivity (Wildman–Crippen MR) is 84.6 cm³/mol. The van der Waals surface area contributed by atoms with E-state index in [4.69, 9.17) is 23.2 Å². The summed E-state index contributed by atoms with van der Waals surface area (Å²) in [6.45, 7) is 1.81. The quantitative estimate of drug-likeness (QED) is 0.840.